The molecule has 2 aliphatic heterocycles. The number of hydrogen-bond acceptors (Lipinski definition) is 10. The van der Waals surface area contributed by atoms with Crippen molar-refractivity contribution >= 4 is 85.9 Å². The first kappa shape index (κ1) is 44.6. The minimum absolute atomic E-state index is 0. The maximum Gasteiger partial charge on any atom is 0.293 e. The van der Waals surface area contributed by atoms with Crippen LogP contribution in [0.1, 0.15) is 34.3 Å². The van der Waals surface area contributed by atoms with Crippen LogP contribution in [0.4, 0.5) is 17.1 Å². The van der Waals surface area contributed by atoms with Crippen LogP contribution in [0.5, 0.6) is 0 Å². The van der Waals surface area contributed by atoms with E-state index >= 15 is 0 Å². The Morgan fingerprint density at radius 3 is 2.46 bits per heavy atom. The second-order valence-corrected chi connectivity index (χ2v) is 18.3. The summed E-state index contributed by atoms with van der Waals surface area (Å²) in [5.74, 6) is -0.149. The van der Waals surface area contributed by atoms with Gasteiger partial charge < -0.3 is 15.1 Å². The number of nitro groups is 1. The molecule has 2 heterocycles. The number of carbonyl (C=O) groups is 1. The summed E-state index contributed by atoms with van der Waals surface area (Å²) < 4.78 is 29.2. The van der Waals surface area contributed by atoms with Gasteiger partial charge in [0.25, 0.3) is 21.6 Å². The molecule has 2 aliphatic rings. The maximum atomic E-state index is 13.5. The van der Waals surface area contributed by atoms with Crippen molar-refractivity contribution in [1.82, 2.24) is 14.5 Å². The molecular weight excluding hydrogens is 815 g/mol. The third-order valence-electron chi connectivity index (χ3n) is 10.7. The molecule has 1 fully saturated rings. The number of nitro benzene ring substituents is 1. The van der Waals surface area contributed by atoms with Gasteiger partial charge in [0.2, 0.25) is 0 Å². The third-order valence-corrected chi connectivity index (χ3v) is 13.5. The van der Waals surface area contributed by atoms with Crippen molar-refractivity contribution in [2.24, 2.45) is 0 Å². The van der Waals surface area contributed by atoms with E-state index < -0.39 is 20.9 Å². The predicted octanol–water partition coefficient (Wildman–Crippen LogP) is 7.81. The molecule has 5 aromatic carbocycles. The number of thioether (sulfide) groups is 1. The summed E-state index contributed by atoms with van der Waals surface area (Å²) in [6, 6.07) is 35.5. The molecule has 15 heteroatoms. The Morgan fingerprint density at radius 2 is 1.71 bits per heavy atom. The molecule has 2 N–H and O–H groups in total. The van der Waals surface area contributed by atoms with Crippen LogP contribution in [0.15, 0.2) is 125 Å². The Kier molecular flexibility index (Phi) is 15.2. The van der Waals surface area contributed by atoms with Crippen molar-refractivity contribution in [2.75, 3.05) is 56.2 Å². The fraction of sp³-hybridized carbons (Fsp3) is 0.295. The van der Waals surface area contributed by atoms with Crippen LogP contribution < -0.4 is 14.9 Å². The summed E-state index contributed by atoms with van der Waals surface area (Å²) in [7, 11) is -0.509. The maximum absolute atomic E-state index is 13.5. The zero-order valence-electron chi connectivity index (χ0n) is 33.5. The van der Waals surface area contributed by atoms with E-state index in [9.17, 15) is 23.3 Å². The van der Waals surface area contributed by atoms with Gasteiger partial charge in [-0.05, 0) is 117 Å². The van der Waals surface area contributed by atoms with E-state index in [1.54, 1.807) is 23.9 Å². The number of hydrogen-bond donors (Lipinski definition) is 2. The van der Waals surface area contributed by atoms with Gasteiger partial charge in [0.15, 0.2) is 0 Å². The summed E-state index contributed by atoms with van der Waals surface area (Å²) in [5.41, 5.74) is 5.69. The van der Waals surface area contributed by atoms with Crippen LogP contribution in [0, 0.1) is 10.1 Å². The number of nitrogens with zero attached hydrogens (tertiary/aromatic N) is 4. The molecule has 2 atom stereocenters. The zero-order chi connectivity index (χ0) is 40.8. The Morgan fingerprint density at radius 1 is 0.966 bits per heavy atom. The number of benzene rings is 5. The molecule has 1 amide bonds. The number of aryl methyl sites for hydroxylation is 1. The summed E-state index contributed by atoms with van der Waals surface area (Å²) in [4.78, 5) is 32.7. The molecule has 1 radical (unpaired) electrons. The molecule has 0 bridgehead atoms. The van der Waals surface area contributed by atoms with Gasteiger partial charge in [0.1, 0.15) is 5.69 Å². The third kappa shape index (κ3) is 11.3. The molecule has 0 aromatic heterocycles. The van der Waals surface area contributed by atoms with Crippen molar-refractivity contribution in [3.05, 3.63) is 147 Å². The summed E-state index contributed by atoms with van der Waals surface area (Å²) in [6.07, 6.45) is 2.36. The quantitative estimate of drug-likeness (QED) is 0.0466. The number of sulfonamides is 1. The first-order chi connectivity index (χ1) is 27.9. The van der Waals surface area contributed by atoms with E-state index in [-0.39, 0.29) is 57.4 Å². The number of amides is 1. The van der Waals surface area contributed by atoms with E-state index in [2.05, 4.69) is 56.2 Å². The van der Waals surface area contributed by atoms with E-state index in [0.29, 0.717) is 23.2 Å². The molecule has 0 unspecified atom stereocenters. The van der Waals surface area contributed by atoms with Gasteiger partial charge in [-0.2, -0.15) is 0 Å². The van der Waals surface area contributed by atoms with Crippen molar-refractivity contribution < 1.29 is 18.1 Å². The van der Waals surface area contributed by atoms with Crippen LogP contribution in [-0.4, -0.2) is 117 Å². The van der Waals surface area contributed by atoms with Crippen LogP contribution >= 0.6 is 23.4 Å². The second kappa shape index (κ2) is 20.1. The van der Waals surface area contributed by atoms with Crippen molar-refractivity contribution in [3.63, 3.8) is 0 Å². The molecule has 0 aliphatic carbocycles. The number of rotatable bonds is 15. The minimum atomic E-state index is -4.44. The van der Waals surface area contributed by atoms with Crippen LogP contribution in [0.3, 0.4) is 0 Å². The predicted molar refractivity (Wildman–Crippen MR) is 239 cm³/mol. The zero-order valence-corrected chi connectivity index (χ0v) is 37.9. The van der Waals surface area contributed by atoms with Gasteiger partial charge in [-0.25, -0.2) is 13.1 Å². The largest absolute Gasteiger partial charge is 0.376 e. The topological polar surface area (TPSA) is 128 Å². The molecule has 1 saturated heterocycles. The molecule has 59 heavy (non-hydrogen) atoms. The fourth-order valence-electron chi connectivity index (χ4n) is 7.70. The van der Waals surface area contributed by atoms with E-state index in [1.807, 2.05) is 67.5 Å². The van der Waals surface area contributed by atoms with Crippen molar-refractivity contribution in [1.29, 1.82) is 0 Å². The molecule has 0 spiro atoms. The number of anilines is 2. The molecule has 303 valence electrons. The van der Waals surface area contributed by atoms with Crippen molar-refractivity contribution in [2.45, 2.75) is 47.7 Å². The monoisotopic (exact) mass is 861 g/mol. The summed E-state index contributed by atoms with van der Waals surface area (Å²) >= 11 is 7.79. The van der Waals surface area contributed by atoms with Crippen LogP contribution in [0.2, 0.25) is 5.02 Å². The van der Waals surface area contributed by atoms with Gasteiger partial charge in [-0.1, -0.05) is 66.2 Å². The Bertz CT molecular complexity index is 2370. The second-order valence-electron chi connectivity index (χ2n) is 15.1. The summed E-state index contributed by atoms with van der Waals surface area (Å²) in [5, 5.41) is 16.2. The standard InChI is InChI=1S/C44H47ClN6O5S2.Na/c1-48(2)23-22-36(30-57-38-9-4-3-5-10-38)46-41-20-19-39(27-43(41)51(53)54)58(55,56)47-44(52)33-15-21-42-32(26-33)14-18-37-29-49(24-25-50(37)42)28-34-8-6-7-11-40(34)31-12-16-35(45)17-13-31;/h3-13,15-17,19-21,26-27,36-37,46H,14,18,22-25,28-30H2,1-2H3,(H,47,52);/t36-,37-;/m1./s1. The van der Waals surface area contributed by atoms with E-state index in [4.69, 9.17) is 11.6 Å². The number of nitrogens with one attached hydrogen (secondary N) is 2. The van der Waals surface area contributed by atoms with E-state index in [1.165, 1.54) is 23.3 Å². The summed E-state index contributed by atoms with van der Waals surface area (Å²) in [6.45, 7) is 4.18. The molecular formula is C44H47ClN6NaO5S2. The van der Waals surface area contributed by atoms with Crippen LogP contribution in [0.25, 0.3) is 11.1 Å². The minimum Gasteiger partial charge on any atom is -0.376 e. The van der Waals surface area contributed by atoms with Gasteiger partial charge in [0.05, 0.1) is 9.82 Å². The molecule has 11 nitrogen and oxygen atoms in total. The number of fused-ring (bicyclic) bond motifs is 3. The number of halogens is 1. The average molecular weight is 862 g/mol. The van der Waals surface area contributed by atoms with Gasteiger partial charge in [-0.15, -0.1) is 11.8 Å². The first-order valence-electron chi connectivity index (χ1n) is 19.3. The first-order valence-corrected chi connectivity index (χ1v) is 22.2. The van der Waals surface area contributed by atoms with Gasteiger partial charge in [-0.3, -0.25) is 19.8 Å². The fourth-order valence-corrected chi connectivity index (χ4v) is 9.82. The normalized spacial score (nSPS) is 15.7. The smallest absolute Gasteiger partial charge is 0.293 e. The van der Waals surface area contributed by atoms with Crippen LogP contribution in [-0.2, 0) is 23.0 Å². The molecule has 0 saturated carbocycles. The molecule has 5 aromatic rings. The number of piperazine rings is 1. The Hall–Kier alpha value is -3.92. The van der Waals surface area contributed by atoms with Gasteiger partial charge >= 0.3 is 0 Å². The Balaban J connectivity index is 0.00000585. The Labute approximate surface area is 378 Å². The van der Waals surface area contributed by atoms with E-state index in [0.717, 1.165) is 73.3 Å². The van der Waals surface area contributed by atoms with Crippen molar-refractivity contribution in [3.8, 4) is 11.1 Å². The van der Waals surface area contributed by atoms with Gasteiger partial charge in [0, 0.05) is 101 Å². The average Bonchev–Trinajstić information content (AvgIpc) is 3.22. The molecule has 7 rings (SSSR count). The SMILES string of the molecule is CN(C)CC[C@H](CSc1ccccc1)Nc1ccc(S(=O)(=O)NC(=O)c2ccc3c(c2)CC[C@@H]2CN(Cc4ccccc4-c4ccc(Cl)cc4)CCN32)cc1[N+](=O)[O-].[Na]. The number of carbonyl (C=O) groups excluding carboxylic acids is 1.